The largest absolute Gasteiger partial charge is 0.256 e. The van der Waals surface area contributed by atoms with Crippen molar-refractivity contribution in [2.75, 3.05) is 0 Å². The van der Waals surface area contributed by atoms with Gasteiger partial charge in [0.2, 0.25) is 0 Å². The Morgan fingerprint density at radius 3 is 2.21 bits per heavy atom. The summed E-state index contributed by atoms with van der Waals surface area (Å²) < 4.78 is 0. The highest BCUT2D eigenvalue weighted by atomic mass is 14.7. The first kappa shape index (κ1) is 17.9. The lowest BCUT2D eigenvalue weighted by Gasteiger charge is -2.02. The van der Waals surface area contributed by atoms with Crippen LogP contribution >= 0.6 is 0 Å². The van der Waals surface area contributed by atoms with E-state index in [4.69, 9.17) is 5.26 Å². The van der Waals surface area contributed by atoms with Gasteiger partial charge in [0.25, 0.3) is 0 Å². The fourth-order valence-corrected chi connectivity index (χ4v) is 2.65. The second kappa shape index (κ2) is 10.4. The van der Waals surface area contributed by atoms with Crippen LogP contribution in [0, 0.1) is 11.3 Å². The van der Waals surface area contributed by atoms with Gasteiger partial charge in [0.1, 0.15) is 0 Å². The van der Waals surface area contributed by atoms with Crippen molar-refractivity contribution in [3.05, 3.63) is 65.2 Å². The number of hydrogen-bond donors (Lipinski definition) is 0. The van der Waals surface area contributed by atoms with Crippen molar-refractivity contribution >= 4 is 11.9 Å². The first-order valence-electron chi connectivity index (χ1n) is 8.95. The van der Waals surface area contributed by atoms with Crippen LogP contribution in [0.1, 0.15) is 62.1 Å². The van der Waals surface area contributed by atoms with Crippen molar-refractivity contribution in [3.63, 3.8) is 0 Å². The van der Waals surface area contributed by atoms with Gasteiger partial charge in [0, 0.05) is 6.21 Å². The summed E-state index contributed by atoms with van der Waals surface area (Å²) >= 11 is 0. The van der Waals surface area contributed by atoms with E-state index in [1.54, 1.807) is 0 Å². The average molecular weight is 318 g/mol. The number of unbranched alkanes of at least 4 members (excludes halogenated alkanes) is 5. The molecule has 0 aliphatic carbocycles. The molecule has 0 aromatic heterocycles. The van der Waals surface area contributed by atoms with E-state index in [-0.39, 0.29) is 0 Å². The van der Waals surface area contributed by atoms with Crippen LogP contribution < -0.4 is 0 Å². The fourth-order valence-electron chi connectivity index (χ4n) is 2.65. The lowest BCUT2D eigenvalue weighted by atomic mass is 10.0. The third kappa shape index (κ3) is 6.38. The zero-order valence-electron chi connectivity index (χ0n) is 14.5. The maximum Gasteiger partial charge on any atom is 0.0991 e. The standard InChI is InChI=1S/C22H26N2/c1-2-3-4-5-6-7-8-19-13-15-22(16-14-19)24-18-21-11-9-20(17-23)10-12-21/h9-16,18H,2-8H2,1H3. The number of nitriles is 1. The van der Waals surface area contributed by atoms with Gasteiger partial charge in [-0.1, -0.05) is 63.3 Å². The Morgan fingerprint density at radius 1 is 0.875 bits per heavy atom. The SMILES string of the molecule is CCCCCCCCc1ccc(N=Cc2ccc(C#N)cc2)cc1. The van der Waals surface area contributed by atoms with Crippen LogP contribution in [0.15, 0.2) is 53.5 Å². The van der Waals surface area contributed by atoms with Gasteiger partial charge in [0.15, 0.2) is 0 Å². The van der Waals surface area contributed by atoms with Crippen LogP contribution in [0.2, 0.25) is 0 Å². The minimum atomic E-state index is 0.672. The Balaban J connectivity index is 1.78. The predicted octanol–water partition coefficient (Wildman–Crippen LogP) is 6.21. The zero-order chi connectivity index (χ0) is 17.0. The number of benzene rings is 2. The van der Waals surface area contributed by atoms with Crippen LogP contribution in [-0.2, 0) is 6.42 Å². The van der Waals surface area contributed by atoms with Crippen molar-refractivity contribution in [2.24, 2.45) is 4.99 Å². The lowest BCUT2D eigenvalue weighted by Crippen LogP contribution is -1.86. The Morgan fingerprint density at radius 2 is 1.54 bits per heavy atom. The highest BCUT2D eigenvalue weighted by Crippen LogP contribution is 2.16. The molecule has 0 bridgehead atoms. The van der Waals surface area contributed by atoms with Crippen LogP contribution in [0.4, 0.5) is 5.69 Å². The van der Waals surface area contributed by atoms with Crippen LogP contribution in [-0.4, -0.2) is 6.21 Å². The van der Waals surface area contributed by atoms with Gasteiger partial charge >= 0.3 is 0 Å². The van der Waals surface area contributed by atoms with Crippen molar-refractivity contribution < 1.29 is 0 Å². The molecule has 0 amide bonds. The van der Waals surface area contributed by atoms with Crippen molar-refractivity contribution in [2.45, 2.75) is 51.9 Å². The molecular weight excluding hydrogens is 292 g/mol. The van der Waals surface area contributed by atoms with E-state index in [1.807, 2.05) is 30.5 Å². The van der Waals surface area contributed by atoms with Gasteiger partial charge in [-0.3, -0.25) is 4.99 Å². The molecular formula is C22H26N2. The molecule has 0 fully saturated rings. The Labute approximate surface area is 145 Å². The molecule has 0 radical (unpaired) electrons. The number of hydrogen-bond acceptors (Lipinski definition) is 2. The normalized spacial score (nSPS) is 10.8. The first-order valence-corrected chi connectivity index (χ1v) is 8.95. The molecule has 2 nitrogen and oxygen atoms in total. The Bertz CT molecular complexity index is 661. The number of aliphatic imine (C=N–C) groups is 1. The van der Waals surface area contributed by atoms with Crippen molar-refractivity contribution in [1.82, 2.24) is 0 Å². The molecule has 2 aromatic rings. The van der Waals surface area contributed by atoms with Crippen LogP contribution in [0.25, 0.3) is 0 Å². The average Bonchev–Trinajstić information content (AvgIpc) is 2.64. The minimum Gasteiger partial charge on any atom is -0.256 e. The van der Waals surface area contributed by atoms with Crippen LogP contribution in [0.5, 0.6) is 0 Å². The highest BCUT2D eigenvalue weighted by Gasteiger charge is 1.96. The number of rotatable bonds is 9. The number of nitrogens with zero attached hydrogens (tertiary/aromatic N) is 2. The fraction of sp³-hybridized carbons (Fsp3) is 0.364. The molecule has 0 unspecified atom stereocenters. The molecule has 2 aromatic carbocycles. The smallest absolute Gasteiger partial charge is 0.0991 e. The molecule has 124 valence electrons. The van der Waals surface area contributed by atoms with Crippen molar-refractivity contribution in [3.8, 4) is 6.07 Å². The quantitative estimate of drug-likeness (QED) is 0.400. The van der Waals surface area contributed by atoms with Gasteiger partial charge in [-0.2, -0.15) is 5.26 Å². The Kier molecular flexibility index (Phi) is 7.77. The topological polar surface area (TPSA) is 36.1 Å². The maximum absolute atomic E-state index is 8.79. The molecule has 0 spiro atoms. The molecule has 24 heavy (non-hydrogen) atoms. The van der Waals surface area contributed by atoms with E-state index in [9.17, 15) is 0 Å². The monoisotopic (exact) mass is 318 g/mol. The van der Waals surface area contributed by atoms with Gasteiger partial charge in [-0.15, -0.1) is 0 Å². The molecule has 0 saturated carbocycles. The zero-order valence-corrected chi connectivity index (χ0v) is 14.5. The van der Waals surface area contributed by atoms with Gasteiger partial charge < -0.3 is 0 Å². The lowest BCUT2D eigenvalue weighted by molar-refractivity contribution is 0.607. The first-order chi connectivity index (χ1) is 11.8. The predicted molar refractivity (Wildman–Crippen MR) is 102 cm³/mol. The van der Waals surface area contributed by atoms with E-state index >= 15 is 0 Å². The summed E-state index contributed by atoms with van der Waals surface area (Å²) in [6.45, 7) is 2.26. The number of aryl methyl sites for hydroxylation is 1. The summed E-state index contributed by atoms with van der Waals surface area (Å²) in [5.74, 6) is 0. The van der Waals surface area contributed by atoms with Crippen molar-refractivity contribution in [1.29, 1.82) is 5.26 Å². The van der Waals surface area contributed by atoms with E-state index in [0.29, 0.717) is 5.56 Å². The summed E-state index contributed by atoms with van der Waals surface area (Å²) in [5, 5.41) is 8.79. The van der Waals surface area contributed by atoms with Gasteiger partial charge in [-0.25, -0.2) is 0 Å². The van der Waals surface area contributed by atoms with E-state index in [2.05, 4.69) is 42.3 Å². The molecule has 0 saturated heterocycles. The second-order valence-electron chi connectivity index (χ2n) is 6.18. The summed E-state index contributed by atoms with van der Waals surface area (Å²) in [5.41, 5.74) is 4.03. The molecule has 0 heterocycles. The van der Waals surface area contributed by atoms with Gasteiger partial charge in [0.05, 0.1) is 17.3 Å². The summed E-state index contributed by atoms with van der Waals surface area (Å²) in [7, 11) is 0. The van der Waals surface area contributed by atoms with E-state index in [0.717, 1.165) is 17.7 Å². The third-order valence-electron chi connectivity index (χ3n) is 4.16. The van der Waals surface area contributed by atoms with E-state index < -0.39 is 0 Å². The molecule has 0 aliphatic rings. The summed E-state index contributed by atoms with van der Waals surface area (Å²) in [4.78, 5) is 4.50. The summed E-state index contributed by atoms with van der Waals surface area (Å²) in [6.07, 6.45) is 11.0. The maximum atomic E-state index is 8.79. The third-order valence-corrected chi connectivity index (χ3v) is 4.16. The molecule has 0 aliphatic heterocycles. The van der Waals surface area contributed by atoms with Gasteiger partial charge in [-0.05, 0) is 48.2 Å². The molecule has 2 heteroatoms. The summed E-state index contributed by atoms with van der Waals surface area (Å²) in [6, 6.07) is 18.1. The molecule has 2 rings (SSSR count). The highest BCUT2D eigenvalue weighted by molar-refractivity contribution is 5.82. The molecule has 0 N–H and O–H groups in total. The second-order valence-corrected chi connectivity index (χ2v) is 6.18. The minimum absolute atomic E-state index is 0.672. The molecule has 0 atom stereocenters. The van der Waals surface area contributed by atoms with Crippen LogP contribution in [0.3, 0.4) is 0 Å². The Hall–Kier alpha value is -2.40. The van der Waals surface area contributed by atoms with E-state index in [1.165, 1.54) is 44.1 Å².